The quantitative estimate of drug-likeness (QED) is 0.744. The maximum absolute atomic E-state index is 12.2. The van der Waals surface area contributed by atoms with Crippen LogP contribution in [0.25, 0.3) is 0 Å². The lowest BCUT2D eigenvalue weighted by atomic mass is 9.57. The highest BCUT2D eigenvalue weighted by molar-refractivity contribution is 5.89. The van der Waals surface area contributed by atoms with Crippen molar-refractivity contribution >= 4 is 5.78 Å². The fourth-order valence-electron chi connectivity index (χ4n) is 3.78. The minimum Gasteiger partial charge on any atom is -0.508 e. The molecule has 0 heterocycles. The maximum atomic E-state index is 12.2. The Morgan fingerprint density at radius 2 is 1.82 bits per heavy atom. The first-order valence-electron chi connectivity index (χ1n) is 6.33. The molecule has 2 atom stereocenters. The lowest BCUT2D eigenvalue weighted by molar-refractivity contribution is -0.127. The van der Waals surface area contributed by atoms with Gasteiger partial charge in [-0.2, -0.15) is 0 Å². The predicted octanol–water partition coefficient (Wildman–Crippen LogP) is 2.97. The number of carbonyl (C=O) groups excluding carboxylic acids is 1. The van der Waals surface area contributed by atoms with Crippen LogP contribution in [0, 0.1) is 5.41 Å². The van der Waals surface area contributed by atoms with E-state index in [9.17, 15) is 9.90 Å². The van der Waals surface area contributed by atoms with Gasteiger partial charge in [0.05, 0.1) is 0 Å². The van der Waals surface area contributed by atoms with Crippen molar-refractivity contribution in [3.63, 3.8) is 0 Å². The zero-order chi connectivity index (χ0) is 12.3. The number of hydrogen-bond acceptors (Lipinski definition) is 2. The molecule has 0 aliphatic heterocycles. The Morgan fingerprint density at radius 3 is 2.59 bits per heavy atom. The van der Waals surface area contributed by atoms with Gasteiger partial charge in [-0.25, -0.2) is 0 Å². The number of rotatable bonds is 0. The van der Waals surface area contributed by atoms with Crippen LogP contribution in [0.3, 0.4) is 0 Å². The molecule has 1 N–H and O–H groups in total. The number of ketones is 1. The monoisotopic (exact) mass is 230 g/mol. The van der Waals surface area contributed by atoms with Crippen molar-refractivity contribution in [2.45, 2.75) is 44.9 Å². The first-order chi connectivity index (χ1) is 7.97. The molecule has 1 saturated carbocycles. The van der Waals surface area contributed by atoms with Crippen LogP contribution in [-0.4, -0.2) is 10.9 Å². The van der Waals surface area contributed by atoms with Gasteiger partial charge >= 0.3 is 0 Å². The highest BCUT2D eigenvalue weighted by Gasteiger charge is 2.57. The van der Waals surface area contributed by atoms with E-state index >= 15 is 0 Å². The average molecular weight is 230 g/mol. The Morgan fingerprint density at radius 1 is 1.12 bits per heavy atom. The molecule has 0 radical (unpaired) electrons. The number of benzene rings is 1. The van der Waals surface area contributed by atoms with Gasteiger partial charge < -0.3 is 5.11 Å². The van der Waals surface area contributed by atoms with Gasteiger partial charge in [0, 0.05) is 17.3 Å². The van der Waals surface area contributed by atoms with Gasteiger partial charge in [-0.3, -0.25) is 4.79 Å². The third kappa shape index (κ3) is 1.18. The first-order valence-corrected chi connectivity index (χ1v) is 6.33. The van der Waals surface area contributed by atoms with E-state index in [4.69, 9.17) is 0 Å². The van der Waals surface area contributed by atoms with Gasteiger partial charge in [0.25, 0.3) is 0 Å². The van der Waals surface area contributed by atoms with Crippen LogP contribution < -0.4 is 0 Å². The van der Waals surface area contributed by atoms with E-state index in [1.54, 1.807) is 6.07 Å². The van der Waals surface area contributed by atoms with E-state index in [0.717, 1.165) is 19.3 Å². The molecule has 0 bridgehead atoms. The summed E-state index contributed by atoms with van der Waals surface area (Å²) >= 11 is 0. The lowest BCUT2D eigenvalue weighted by Gasteiger charge is -2.45. The molecule has 1 aromatic rings. The van der Waals surface area contributed by atoms with Crippen LogP contribution in [0.2, 0.25) is 0 Å². The van der Waals surface area contributed by atoms with Crippen molar-refractivity contribution < 1.29 is 9.90 Å². The van der Waals surface area contributed by atoms with Gasteiger partial charge in [0.15, 0.2) is 0 Å². The lowest BCUT2D eigenvalue weighted by Crippen LogP contribution is -2.44. The molecule has 17 heavy (non-hydrogen) atoms. The van der Waals surface area contributed by atoms with Crippen molar-refractivity contribution in [2.24, 2.45) is 5.41 Å². The molecule has 0 aromatic heterocycles. The molecule has 90 valence electrons. The Bertz CT molecular complexity index is 506. The summed E-state index contributed by atoms with van der Waals surface area (Å²) in [6, 6.07) is 5.63. The number of aryl methyl sites for hydroxylation is 1. The number of hydrogen-bond donors (Lipinski definition) is 1. The van der Waals surface area contributed by atoms with Gasteiger partial charge in [0.2, 0.25) is 0 Å². The van der Waals surface area contributed by atoms with E-state index in [1.807, 2.05) is 12.1 Å². The Labute approximate surface area is 102 Å². The smallest absolute Gasteiger partial charge is 0.139 e. The molecule has 0 spiro atoms. The van der Waals surface area contributed by atoms with Crippen LogP contribution in [-0.2, 0) is 16.6 Å². The van der Waals surface area contributed by atoms with Crippen molar-refractivity contribution in [3.05, 3.63) is 29.3 Å². The molecule has 0 saturated heterocycles. The standard InChI is InChI=1S/C15H18O2/c1-14-8-6-13(17)15(14,2)7-5-10-9-11(16)3-4-12(10)14/h3-4,9,16H,5-8H2,1-2H3. The molecule has 2 unspecified atom stereocenters. The molecule has 1 aromatic carbocycles. The molecule has 1 fully saturated rings. The minimum absolute atomic E-state index is 0.0363. The maximum Gasteiger partial charge on any atom is 0.139 e. The molecule has 0 amide bonds. The summed E-state index contributed by atoms with van der Waals surface area (Å²) in [4.78, 5) is 12.2. The summed E-state index contributed by atoms with van der Waals surface area (Å²) in [5, 5.41) is 9.56. The zero-order valence-corrected chi connectivity index (χ0v) is 10.4. The largest absolute Gasteiger partial charge is 0.508 e. The van der Waals surface area contributed by atoms with Crippen LogP contribution in [0.4, 0.5) is 0 Å². The van der Waals surface area contributed by atoms with Gasteiger partial charge in [-0.05, 0) is 42.5 Å². The molecular weight excluding hydrogens is 212 g/mol. The molecule has 2 aliphatic carbocycles. The van der Waals surface area contributed by atoms with Crippen LogP contribution in [0.15, 0.2) is 18.2 Å². The van der Waals surface area contributed by atoms with Crippen molar-refractivity contribution in [2.75, 3.05) is 0 Å². The second-order valence-corrected chi connectivity index (χ2v) is 5.93. The van der Waals surface area contributed by atoms with Gasteiger partial charge in [0.1, 0.15) is 11.5 Å². The molecular formula is C15H18O2. The molecule has 3 rings (SSSR count). The van der Waals surface area contributed by atoms with E-state index < -0.39 is 0 Å². The number of Topliss-reactive ketones (excluding diaryl/α,β-unsaturated/α-hetero) is 1. The number of phenols is 1. The van der Waals surface area contributed by atoms with Crippen molar-refractivity contribution in [3.8, 4) is 5.75 Å². The van der Waals surface area contributed by atoms with E-state index in [0.29, 0.717) is 18.0 Å². The summed E-state index contributed by atoms with van der Waals surface area (Å²) in [5.41, 5.74) is 2.26. The summed E-state index contributed by atoms with van der Waals surface area (Å²) in [6.07, 6.45) is 3.47. The Balaban J connectivity index is 2.21. The second kappa shape index (κ2) is 3.12. The summed E-state index contributed by atoms with van der Waals surface area (Å²) in [5.74, 6) is 0.749. The highest BCUT2D eigenvalue weighted by atomic mass is 16.3. The first kappa shape index (κ1) is 10.8. The number of carbonyl (C=O) groups is 1. The normalized spacial score (nSPS) is 35.5. The fraction of sp³-hybridized carbons (Fsp3) is 0.533. The minimum atomic E-state index is -0.197. The zero-order valence-electron chi connectivity index (χ0n) is 10.4. The molecule has 2 heteroatoms. The third-order valence-electron chi connectivity index (χ3n) is 5.26. The van der Waals surface area contributed by atoms with Crippen molar-refractivity contribution in [1.29, 1.82) is 0 Å². The highest BCUT2D eigenvalue weighted by Crippen LogP contribution is 2.57. The van der Waals surface area contributed by atoms with Crippen LogP contribution in [0.1, 0.15) is 44.2 Å². The fourth-order valence-corrected chi connectivity index (χ4v) is 3.78. The number of fused-ring (bicyclic) bond motifs is 3. The SMILES string of the molecule is CC12CCc3cc(O)ccc3C1(C)CCC2=O. The summed E-state index contributed by atoms with van der Waals surface area (Å²) in [6.45, 7) is 4.34. The third-order valence-corrected chi connectivity index (χ3v) is 5.26. The number of aromatic hydroxyl groups is 1. The molecule has 2 nitrogen and oxygen atoms in total. The second-order valence-electron chi connectivity index (χ2n) is 5.93. The van der Waals surface area contributed by atoms with Gasteiger partial charge in [-0.15, -0.1) is 0 Å². The molecule has 2 aliphatic rings. The average Bonchev–Trinajstić information content (AvgIpc) is 2.53. The Kier molecular flexibility index (Phi) is 1.99. The van der Waals surface area contributed by atoms with Crippen molar-refractivity contribution in [1.82, 2.24) is 0 Å². The number of phenolic OH excluding ortho intramolecular Hbond substituents is 1. The predicted molar refractivity (Wildman–Crippen MR) is 66.1 cm³/mol. The van der Waals surface area contributed by atoms with E-state index in [-0.39, 0.29) is 10.8 Å². The van der Waals surface area contributed by atoms with Crippen LogP contribution in [0.5, 0.6) is 5.75 Å². The van der Waals surface area contributed by atoms with Gasteiger partial charge in [-0.1, -0.05) is 19.9 Å². The van der Waals surface area contributed by atoms with E-state index in [1.165, 1.54) is 11.1 Å². The van der Waals surface area contributed by atoms with Crippen LogP contribution >= 0.6 is 0 Å². The topological polar surface area (TPSA) is 37.3 Å². The summed E-state index contributed by atoms with van der Waals surface area (Å²) < 4.78 is 0. The summed E-state index contributed by atoms with van der Waals surface area (Å²) in [7, 11) is 0. The van der Waals surface area contributed by atoms with E-state index in [2.05, 4.69) is 13.8 Å². The Hall–Kier alpha value is -1.31.